The van der Waals surface area contributed by atoms with Gasteiger partial charge in [0.1, 0.15) is 6.07 Å². The molecule has 1 unspecified atom stereocenters. The van der Waals surface area contributed by atoms with Crippen molar-refractivity contribution in [2.24, 2.45) is 11.3 Å². The summed E-state index contributed by atoms with van der Waals surface area (Å²) < 4.78 is 0. The van der Waals surface area contributed by atoms with E-state index in [2.05, 4.69) is 30.1 Å². The normalized spacial score (nSPS) is 23.2. The number of nitrogens with one attached hydrogen (secondary N) is 1. The molecule has 0 spiro atoms. The monoisotopic (exact) mass is 313 g/mol. The molecule has 1 aromatic rings. The maximum atomic E-state index is 12.2. The lowest BCUT2D eigenvalue weighted by Crippen LogP contribution is -2.36. The van der Waals surface area contributed by atoms with Gasteiger partial charge in [0.15, 0.2) is 0 Å². The molecule has 2 N–H and O–H groups in total. The SMILES string of the molecule is CC1(C)CC1C(=O)Nc1ccc(N2CCC(O)CC2)c(C#N)c1. The fourth-order valence-electron chi connectivity index (χ4n) is 3.23. The zero-order chi connectivity index (χ0) is 16.6. The van der Waals surface area contributed by atoms with Crippen molar-refractivity contribution in [2.45, 2.75) is 39.2 Å². The lowest BCUT2D eigenvalue weighted by Gasteiger charge is -2.32. The number of piperidine rings is 1. The number of amides is 1. The Morgan fingerprint density at radius 2 is 2.04 bits per heavy atom. The highest BCUT2D eigenvalue weighted by Crippen LogP contribution is 2.52. The quantitative estimate of drug-likeness (QED) is 0.899. The fourth-order valence-corrected chi connectivity index (χ4v) is 3.23. The molecule has 2 fully saturated rings. The second-order valence-corrected chi connectivity index (χ2v) is 7.30. The van der Waals surface area contributed by atoms with Gasteiger partial charge in [0, 0.05) is 24.7 Å². The van der Waals surface area contributed by atoms with Crippen LogP contribution < -0.4 is 10.2 Å². The molecule has 1 saturated heterocycles. The minimum Gasteiger partial charge on any atom is -0.393 e. The highest BCUT2D eigenvalue weighted by Gasteiger charge is 2.50. The van der Waals surface area contributed by atoms with Crippen molar-refractivity contribution in [3.8, 4) is 6.07 Å². The van der Waals surface area contributed by atoms with Crippen LogP contribution in [0.1, 0.15) is 38.7 Å². The third-order valence-corrected chi connectivity index (χ3v) is 5.02. The van der Waals surface area contributed by atoms with Crippen LogP contribution in [-0.4, -0.2) is 30.2 Å². The van der Waals surface area contributed by atoms with Gasteiger partial charge >= 0.3 is 0 Å². The van der Waals surface area contributed by atoms with Gasteiger partial charge in [-0.05, 0) is 42.9 Å². The molecule has 5 nitrogen and oxygen atoms in total. The standard InChI is InChI=1S/C18H23N3O2/c1-18(2)10-15(18)17(23)20-13-3-4-16(12(9-13)11-19)21-7-5-14(22)6-8-21/h3-4,9,14-15,22H,5-8,10H2,1-2H3,(H,20,23). The molecule has 0 bridgehead atoms. The van der Waals surface area contributed by atoms with E-state index in [1.54, 1.807) is 6.07 Å². The molecule has 1 amide bonds. The first-order chi connectivity index (χ1) is 10.9. The Morgan fingerprint density at radius 3 is 2.61 bits per heavy atom. The number of carbonyl (C=O) groups excluding carboxylic acids is 1. The van der Waals surface area contributed by atoms with Crippen molar-refractivity contribution >= 4 is 17.3 Å². The number of hydrogen-bond acceptors (Lipinski definition) is 4. The predicted molar refractivity (Wildman–Crippen MR) is 89.1 cm³/mol. The first-order valence-electron chi connectivity index (χ1n) is 8.19. The highest BCUT2D eigenvalue weighted by atomic mass is 16.3. The Bertz CT molecular complexity index is 655. The first-order valence-corrected chi connectivity index (χ1v) is 8.19. The van der Waals surface area contributed by atoms with Gasteiger partial charge in [-0.1, -0.05) is 13.8 Å². The first kappa shape index (κ1) is 15.8. The molecule has 3 rings (SSSR count). The van der Waals surface area contributed by atoms with Crippen LogP contribution in [0.15, 0.2) is 18.2 Å². The van der Waals surface area contributed by atoms with Crippen LogP contribution in [0.3, 0.4) is 0 Å². The Kier molecular flexibility index (Phi) is 4.03. The molecule has 1 aliphatic carbocycles. The van der Waals surface area contributed by atoms with Gasteiger partial charge in [0.25, 0.3) is 0 Å². The van der Waals surface area contributed by atoms with E-state index < -0.39 is 0 Å². The number of aliphatic hydroxyl groups excluding tert-OH is 1. The highest BCUT2D eigenvalue weighted by molar-refractivity contribution is 5.95. The summed E-state index contributed by atoms with van der Waals surface area (Å²) >= 11 is 0. The van der Waals surface area contributed by atoms with E-state index in [-0.39, 0.29) is 23.3 Å². The number of carbonyl (C=O) groups is 1. The van der Waals surface area contributed by atoms with E-state index in [1.807, 2.05) is 12.1 Å². The van der Waals surface area contributed by atoms with Gasteiger partial charge in [-0.25, -0.2) is 0 Å². The second-order valence-electron chi connectivity index (χ2n) is 7.30. The van der Waals surface area contributed by atoms with Crippen molar-refractivity contribution in [3.05, 3.63) is 23.8 Å². The number of rotatable bonds is 3. The zero-order valence-electron chi connectivity index (χ0n) is 13.7. The Hall–Kier alpha value is -2.06. The van der Waals surface area contributed by atoms with E-state index in [0.717, 1.165) is 38.0 Å². The number of hydrogen-bond donors (Lipinski definition) is 2. The Balaban J connectivity index is 1.72. The summed E-state index contributed by atoms with van der Waals surface area (Å²) in [4.78, 5) is 14.3. The average Bonchev–Trinajstić information content (AvgIpc) is 3.17. The summed E-state index contributed by atoms with van der Waals surface area (Å²) in [5.74, 6) is 0.101. The molecule has 1 heterocycles. The molecular weight excluding hydrogens is 290 g/mol. The zero-order valence-corrected chi connectivity index (χ0v) is 13.7. The Labute approximate surface area is 136 Å². The maximum Gasteiger partial charge on any atom is 0.228 e. The number of nitrogens with zero attached hydrogens (tertiary/aromatic N) is 2. The maximum absolute atomic E-state index is 12.2. The molecule has 2 aliphatic rings. The van der Waals surface area contributed by atoms with Crippen molar-refractivity contribution in [1.29, 1.82) is 5.26 Å². The predicted octanol–water partition coefficient (Wildman–Crippen LogP) is 2.50. The minimum atomic E-state index is -0.239. The van der Waals surface area contributed by atoms with E-state index in [9.17, 15) is 15.2 Å². The number of aliphatic hydroxyl groups is 1. The van der Waals surface area contributed by atoms with Gasteiger partial charge in [-0.2, -0.15) is 5.26 Å². The van der Waals surface area contributed by atoms with E-state index in [0.29, 0.717) is 11.3 Å². The van der Waals surface area contributed by atoms with Crippen LogP contribution in [0.2, 0.25) is 0 Å². The van der Waals surface area contributed by atoms with Crippen LogP contribution in [-0.2, 0) is 4.79 Å². The van der Waals surface area contributed by atoms with E-state index in [4.69, 9.17) is 0 Å². The molecular formula is C18H23N3O2. The molecule has 1 aromatic carbocycles. The van der Waals surface area contributed by atoms with Crippen LogP contribution in [0.5, 0.6) is 0 Å². The molecule has 1 aliphatic heterocycles. The van der Waals surface area contributed by atoms with Gasteiger partial charge in [0.05, 0.1) is 17.4 Å². The fraction of sp³-hybridized carbons (Fsp3) is 0.556. The third-order valence-electron chi connectivity index (χ3n) is 5.02. The Morgan fingerprint density at radius 1 is 1.39 bits per heavy atom. The van der Waals surface area contributed by atoms with E-state index in [1.165, 1.54) is 0 Å². The summed E-state index contributed by atoms with van der Waals surface area (Å²) in [6, 6.07) is 7.72. The minimum absolute atomic E-state index is 0.0349. The van der Waals surface area contributed by atoms with Crippen LogP contribution in [0.25, 0.3) is 0 Å². The molecule has 0 radical (unpaired) electrons. The van der Waals surface area contributed by atoms with Gasteiger partial charge in [-0.15, -0.1) is 0 Å². The summed E-state index contributed by atoms with van der Waals surface area (Å²) in [6.45, 7) is 5.67. The number of anilines is 2. The van der Waals surface area contributed by atoms with Gasteiger partial charge < -0.3 is 15.3 Å². The van der Waals surface area contributed by atoms with Gasteiger partial charge in [-0.3, -0.25) is 4.79 Å². The molecule has 1 saturated carbocycles. The number of benzene rings is 1. The topological polar surface area (TPSA) is 76.4 Å². The van der Waals surface area contributed by atoms with Crippen LogP contribution >= 0.6 is 0 Å². The van der Waals surface area contributed by atoms with Crippen molar-refractivity contribution in [1.82, 2.24) is 0 Å². The van der Waals surface area contributed by atoms with Crippen LogP contribution in [0.4, 0.5) is 11.4 Å². The largest absolute Gasteiger partial charge is 0.393 e. The second kappa shape index (κ2) is 5.86. The summed E-state index contributed by atoms with van der Waals surface area (Å²) in [6.07, 6.45) is 2.12. The summed E-state index contributed by atoms with van der Waals surface area (Å²) in [7, 11) is 0. The number of nitriles is 1. The lowest BCUT2D eigenvalue weighted by atomic mass is 10.0. The average molecular weight is 313 g/mol. The van der Waals surface area contributed by atoms with Crippen LogP contribution in [0, 0.1) is 22.7 Å². The molecule has 1 atom stereocenters. The molecule has 122 valence electrons. The van der Waals surface area contributed by atoms with Crippen molar-refractivity contribution < 1.29 is 9.90 Å². The molecule has 0 aromatic heterocycles. The van der Waals surface area contributed by atoms with E-state index >= 15 is 0 Å². The smallest absolute Gasteiger partial charge is 0.228 e. The van der Waals surface area contributed by atoms with Gasteiger partial charge in [0.2, 0.25) is 5.91 Å². The third kappa shape index (κ3) is 3.32. The molecule has 23 heavy (non-hydrogen) atoms. The summed E-state index contributed by atoms with van der Waals surface area (Å²) in [5.41, 5.74) is 2.21. The van der Waals surface area contributed by atoms with Crippen molar-refractivity contribution in [2.75, 3.05) is 23.3 Å². The molecule has 5 heteroatoms. The lowest BCUT2D eigenvalue weighted by molar-refractivity contribution is -0.118. The van der Waals surface area contributed by atoms with Crippen molar-refractivity contribution in [3.63, 3.8) is 0 Å². The summed E-state index contributed by atoms with van der Waals surface area (Å²) in [5, 5.41) is 22.0.